The quantitative estimate of drug-likeness (QED) is 0.847. The molecule has 2 rings (SSSR count). The number of carbonyl (C=O) groups excluding carboxylic acids is 1. The van der Waals surface area contributed by atoms with Crippen LogP contribution in [0, 0.1) is 5.41 Å². The smallest absolute Gasteiger partial charge is 0.311 e. The highest BCUT2D eigenvalue weighted by molar-refractivity contribution is 9.10. The number of hydrogen-bond acceptors (Lipinski definition) is 4. The molecule has 0 aliphatic carbocycles. The van der Waals surface area contributed by atoms with Gasteiger partial charge in [0.2, 0.25) is 0 Å². The van der Waals surface area contributed by atoms with Crippen molar-refractivity contribution in [3.05, 3.63) is 28.2 Å². The summed E-state index contributed by atoms with van der Waals surface area (Å²) >= 11 is 3.53. The Bertz CT molecular complexity index is 505. The number of benzene rings is 1. The molecule has 1 saturated heterocycles. The van der Waals surface area contributed by atoms with Crippen molar-refractivity contribution in [2.45, 2.75) is 27.4 Å². The zero-order valence-electron chi connectivity index (χ0n) is 12.9. The highest BCUT2D eigenvalue weighted by Crippen LogP contribution is 2.26. The van der Waals surface area contributed by atoms with Crippen LogP contribution in [0.2, 0.25) is 0 Å². The van der Waals surface area contributed by atoms with Gasteiger partial charge in [-0.15, -0.1) is 0 Å². The third-order valence-corrected chi connectivity index (χ3v) is 4.26. The molecule has 116 valence electrons. The van der Waals surface area contributed by atoms with E-state index in [0.29, 0.717) is 6.61 Å². The molecule has 0 radical (unpaired) electrons. The van der Waals surface area contributed by atoms with Crippen LogP contribution in [0.4, 0.5) is 5.69 Å². The van der Waals surface area contributed by atoms with Gasteiger partial charge in [0.05, 0.1) is 5.41 Å². The molecular weight excluding hydrogens is 332 g/mol. The number of esters is 1. The largest absolute Gasteiger partial charge is 0.460 e. The summed E-state index contributed by atoms with van der Waals surface area (Å²) < 4.78 is 6.39. The first-order valence-corrected chi connectivity index (χ1v) is 8.08. The number of anilines is 1. The molecular formula is C16H23BrN2O2. The lowest BCUT2D eigenvalue weighted by atomic mass is 9.97. The predicted molar refractivity (Wildman–Crippen MR) is 88.5 cm³/mol. The maximum Gasteiger partial charge on any atom is 0.311 e. The van der Waals surface area contributed by atoms with E-state index in [-0.39, 0.29) is 5.97 Å². The van der Waals surface area contributed by atoms with Crippen molar-refractivity contribution in [3.8, 4) is 0 Å². The lowest BCUT2D eigenvalue weighted by Crippen LogP contribution is -2.43. The third kappa shape index (κ3) is 4.45. The van der Waals surface area contributed by atoms with Crippen molar-refractivity contribution in [1.82, 2.24) is 5.32 Å². The summed E-state index contributed by atoms with van der Waals surface area (Å²) in [5.74, 6) is -0.179. The summed E-state index contributed by atoms with van der Waals surface area (Å²) in [6.07, 6.45) is 0. The minimum Gasteiger partial charge on any atom is -0.460 e. The average Bonchev–Trinajstić information content (AvgIpc) is 2.46. The molecule has 1 aliphatic heterocycles. The number of ether oxygens (including phenoxy) is 1. The second-order valence-electron chi connectivity index (χ2n) is 6.34. The molecule has 1 aromatic carbocycles. The fourth-order valence-electron chi connectivity index (χ4n) is 2.15. The molecule has 1 heterocycles. The second-order valence-corrected chi connectivity index (χ2v) is 7.19. The van der Waals surface area contributed by atoms with E-state index in [1.165, 1.54) is 5.69 Å². The molecule has 0 aromatic heterocycles. The topological polar surface area (TPSA) is 41.6 Å². The van der Waals surface area contributed by atoms with Crippen LogP contribution in [0.1, 0.15) is 26.3 Å². The van der Waals surface area contributed by atoms with Gasteiger partial charge in [-0.2, -0.15) is 0 Å². The maximum absolute atomic E-state index is 11.9. The summed E-state index contributed by atoms with van der Waals surface area (Å²) in [6, 6.07) is 6.23. The molecule has 21 heavy (non-hydrogen) atoms. The van der Waals surface area contributed by atoms with Crippen LogP contribution in [0.15, 0.2) is 22.7 Å². The number of nitrogens with one attached hydrogen (secondary N) is 1. The third-order valence-electron chi connectivity index (χ3n) is 3.48. The van der Waals surface area contributed by atoms with Crippen LogP contribution in [0.5, 0.6) is 0 Å². The molecule has 1 N–H and O–H groups in total. The van der Waals surface area contributed by atoms with E-state index in [1.807, 2.05) is 26.8 Å². The van der Waals surface area contributed by atoms with Gasteiger partial charge in [-0.05, 0) is 39.0 Å². The van der Waals surface area contributed by atoms with Crippen LogP contribution in [0.3, 0.4) is 0 Å². The van der Waals surface area contributed by atoms with Gasteiger partial charge >= 0.3 is 5.97 Å². The first-order valence-electron chi connectivity index (χ1n) is 7.29. The van der Waals surface area contributed by atoms with Crippen molar-refractivity contribution >= 4 is 27.6 Å². The first kappa shape index (κ1) is 16.3. The summed E-state index contributed by atoms with van der Waals surface area (Å²) in [7, 11) is 0. The molecule has 1 aromatic rings. The fraction of sp³-hybridized carbons (Fsp3) is 0.562. The zero-order chi connectivity index (χ0) is 15.5. The average molecular weight is 355 g/mol. The lowest BCUT2D eigenvalue weighted by molar-refractivity contribution is -0.154. The van der Waals surface area contributed by atoms with Crippen molar-refractivity contribution in [2.24, 2.45) is 5.41 Å². The molecule has 0 bridgehead atoms. The monoisotopic (exact) mass is 354 g/mol. The Morgan fingerprint density at radius 3 is 2.62 bits per heavy atom. The Morgan fingerprint density at radius 1 is 1.33 bits per heavy atom. The van der Waals surface area contributed by atoms with E-state index in [2.05, 4.69) is 38.3 Å². The number of hydrogen-bond donors (Lipinski definition) is 1. The Morgan fingerprint density at radius 2 is 2.00 bits per heavy atom. The minimum absolute atomic E-state index is 0.179. The highest BCUT2D eigenvalue weighted by atomic mass is 79.9. The molecule has 4 nitrogen and oxygen atoms in total. The van der Waals surface area contributed by atoms with Crippen LogP contribution < -0.4 is 10.2 Å². The van der Waals surface area contributed by atoms with E-state index < -0.39 is 5.41 Å². The number of piperazine rings is 1. The second kappa shape index (κ2) is 6.79. The van der Waals surface area contributed by atoms with Crippen molar-refractivity contribution in [3.63, 3.8) is 0 Å². The summed E-state index contributed by atoms with van der Waals surface area (Å²) in [4.78, 5) is 14.2. The number of rotatable bonds is 3. The van der Waals surface area contributed by atoms with Crippen molar-refractivity contribution in [1.29, 1.82) is 0 Å². The van der Waals surface area contributed by atoms with E-state index >= 15 is 0 Å². The Balaban J connectivity index is 2.06. The summed E-state index contributed by atoms with van der Waals surface area (Å²) in [5.41, 5.74) is 1.72. The standard InChI is InChI=1S/C16H23BrN2O2/c1-16(2,3)15(20)21-11-12-10-13(4-5-14(12)17)19-8-6-18-7-9-19/h4-5,10,18H,6-9,11H2,1-3H3. The lowest BCUT2D eigenvalue weighted by Gasteiger charge is -2.30. The Hall–Kier alpha value is -1.07. The van der Waals surface area contributed by atoms with Gasteiger partial charge in [0.15, 0.2) is 0 Å². The molecule has 0 unspecified atom stereocenters. The normalized spacial score (nSPS) is 15.9. The first-order chi connectivity index (χ1) is 9.88. The molecule has 5 heteroatoms. The molecule has 0 spiro atoms. The van der Waals surface area contributed by atoms with E-state index in [9.17, 15) is 4.79 Å². The molecule has 0 amide bonds. The molecule has 1 aliphatic rings. The predicted octanol–water partition coefficient (Wildman–Crippen LogP) is 2.95. The van der Waals surface area contributed by atoms with Crippen molar-refractivity contribution in [2.75, 3.05) is 31.1 Å². The Labute approximate surface area is 135 Å². The summed E-state index contributed by atoms with van der Waals surface area (Å²) in [5, 5.41) is 3.35. The van der Waals surface area contributed by atoms with Crippen LogP contribution in [0.25, 0.3) is 0 Å². The van der Waals surface area contributed by atoms with Crippen molar-refractivity contribution < 1.29 is 9.53 Å². The van der Waals surface area contributed by atoms with Gasteiger partial charge in [-0.3, -0.25) is 4.79 Å². The van der Waals surface area contributed by atoms with Gasteiger partial charge in [-0.1, -0.05) is 15.9 Å². The van der Waals surface area contributed by atoms with Gasteiger partial charge in [-0.25, -0.2) is 0 Å². The van der Waals surface area contributed by atoms with E-state index in [4.69, 9.17) is 4.74 Å². The van der Waals surface area contributed by atoms with Gasteiger partial charge < -0.3 is 15.0 Å². The van der Waals surface area contributed by atoms with E-state index in [1.54, 1.807) is 0 Å². The van der Waals surface area contributed by atoms with Crippen LogP contribution in [-0.4, -0.2) is 32.1 Å². The zero-order valence-corrected chi connectivity index (χ0v) is 14.5. The highest BCUT2D eigenvalue weighted by Gasteiger charge is 2.23. The van der Waals surface area contributed by atoms with Crippen LogP contribution >= 0.6 is 15.9 Å². The van der Waals surface area contributed by atoms with Crippen LogP contribution in [-0.2, 0) is 16.1 Å². The molecule has 1 fully saturated rings. The Kier molecular flexibility index (Phi) is 5.27. The maximum atomic E-state index is 11.9. The van der Waals surface area contributed by atoms with Gasteiger partial charge in [0, 0.05) is 41.9 Å². The number of nitrogens with zero attached hydrogens (tertiary/aromatic N) is 1. The number of carbonyl (C=O) groups is 1. The minimum atomic E-state index is -0.470. The summed E-state index contributed by atoms with van der Waals surface area (Å²) in [6.45, 7) is 9.90. The van der Waals surface area contributed by atoms with E-state index in [0.717, 1.165) is 36.2 Å². The fourth-order valence-corrected chi connectivity index (χ4v) is 2.51. The van der Waals surface area contributed by atoms with Gasteiger partial charge in [0.25, 0.3) is 0 Å². The molecule has 0 atom stereocenters. The SMILES string of the molecule is CC(C)(C)C(=O)OCc1cc(N2CCNCC2)ccc1Br. The molecule has 0 saturated carbocycles. The number of halogens is 1. The van der Waals surface area contributed by atoms with Gasteiger partial charge in [0.1, 0.15) is 6.61 Å².